The van der Waals surface area contributed by atoms with Crippen LogP contribution in [0.2, 0.25) is 5.02 Å². The number of ether oxygens (including phenoxy) is 4. The molecule has 0 saturated carbocycles. The molecule has 0 spiro atoms. The van der Waals surface area contributed by atoms with Crippen LogP contribution in [0.4, 0.5) is 5.69 Å². The maximum atomic E-state index is 13.1. The lowest BCUT2D eigenvalue weighted by atomic mass is 10.1. The Morgan fingerprint density at radius 3 is 2.19 bits per heavy atom. The van der Waals surface area contributed by atoms with Crippen LogP contribution in [0.3, 0.4) is 0 Å². The van der Waals surface area contributed by atoms with E-state index in [4.69, 9.17) is 30.5 Å². The molecule has 1 heterocycles. The first kappa shape index (κ1) is 33.5. The number of hydrogen-bond donors (Lipinski definition) is 2. The number of amides is 2. The van der Waals surface area contributed by atoms with Crippen molar-refractivity contribution in [3.05, 3.63) is 109 Å². The van der Waals surface area contributed by atoms with Crippen molar-refractivity contribution in [2.45, 2.75) is 6.92 Å². The van der Waals surface area contributed by atoms with E-state index in [1.54, 1.807) is 42.5 Å². The van der Waals surface area contributed by atoms with Gasteiger partial charge in [-0.25, -0.2) is 10.2 Å². The van der Waals surface area contributed by atoms with Crippen molar-refractivity contribution in [3.8, 4) is 23.0 Å². The minimum absolute atomic E-state index is 0.167. The smallest absolute Gasteiger partial charge is 0.343 e. The van der Waals surface area contributed by atoms with Gasteiger partial charge in [0.1, 0.15) is 10.6 Å². The lowest BCUT2D eigenvalue weighted by Gasteiger charge is -2.14. The number of aryl methyl sites for hydroxylation is 1. The zero-order chi connectivity index (χ0) is 33.7. The quantitative estimate of drug-likeness (QED) is 0.0647. The van der Waals surface area contributed by atoms with E-state index >= 15 is 0 Å². The van der Waals surface area contributed by atoms with E-state index in [-0.39, 0.29) is 17.2 Å². The summed E-state index contributed by atoms with van der Waals surface area (Å²) >= 11 is 11.2. The Balaban J connectivity index is 1.24. The maximum Gasteiger partial charge on any atom is 0.343 e. The lowest BCUT2D eigenvalue weighted by Crippen LogP contribution is -2.18. The van der Waals surface area contributed by atoms with Gasteiger partial charge in [0.05, 0.1) is 38.1 Å². The van der Waals surface area contributed by atoms with Gasteiger partial charge in [0.2, 0.25) is 5.75 Å². The summed E-state index contributed by atoms with van der Waals surface area (Å²) in [6, 6.07) is 20.1. The molecule has 5 rings (SSSR count). The summed E-state index contributed by atoms with van der Waals surface area (Å²) in [7, 11) is 4.35. The van der Waals surface area contributed by atoms with Crippen molar-refractivity contribution in [2.24, 2.45) is 5.10 Å². The highest BCUT2D eigenvalue weighted by atomic mass is 79.9. The van der Waals surface area contributed by atoms with E-state index in [9.17, 15) is 14.4 Å². The highest BCUT2D eigenvalue weighted by Gasteiger charge is 2.20. The summed E-state index contributed by atoms with van der Waals surface area (Å²) in [4.78, 5) is 39.2. The van der Waals surface area contributed by atoms with Gasteiger partial charge in [-0.15, -0.1) is 11.3 Å². The number of hydrogen-bond acceptors (Lipinski definition) is 9. The zero-order valence-electron chi connectivity index (χ0n) is 25.5. The summed E-state index contributed by atoms with van der Waals surface area (Å²) in [6.45, 7) is 1.98. The second kappa shape index (κ2) is 14.7. The van der Waals surface area contributed by atoms with Gasteiger partial charge >= 0.3 is 5.97 Å². The largest absolute Gasteiger partial charge is 0.493 e. The van der Waals surface area contributed by atoms with Crippen molar-refractivity contribution >= 4 is 78.6 Å². The third-order valence-corrected chi connectivity index (χ3v) is 8.99. The number of carbonyl (C=O) groups is 3. The molecule has 2 N–H and O–H groups in total. The molecule has 0 radical (unpaired) electrons. The molecule has 5 aromatic rings. The minimum atomic E-state index is -0.679. The Kier molecular flexibility index (Phi) is 10.4. The third-order valence-electron chi connectivity index (χ3n) is 6.84. The number of nitrogens with zero attached hydrogens (tertiary/aromatic N) is 1. The fourth-order valence-corrected chi connectivity index (χ4v) is 6.40. The number of rotatable bonds is 10. The van der Waals surface area contributed by atoms with Crippen LogP contribution in [-0.4, -0.2) is 45.3 Å². The van der Waals surface area contributed by atoms with Gasteiger partial charge in [0, 0.05) is 31.4 Å². The topological polar surface area (TPSA) is 125 Å². The summed E-state index contributed by atoms with van der Waals surface area (Å²) in [5.41, 5.74) is 4.91. The molecule has 0 aliphatic rings. The molecule has 0 saturated heterocycles. The Hall–Kier alpha value is -4.91. The van der Waals surface area contributed by atoms with Gasteiger partial charge in [0.25, 0.3) is 11.8 Å². The molecule has 47 heavy (non-hydrogen) atoms. The van der Waals surface area contributed by atoms with Crippen LogP contribution in [0, 0.1) is 6.92 Å². The van der Waals surface area contributed by atoms with Crippen molar-refractivity contribution in [3.63, 3.8) is 0 Å². The number of halogens is 2. The fourth-order valence-electron chi connectivity index (χ4n) is 4.51. The molecule has 4 aromatic carbocycles. The normalized spacial score (nSPS) is 10.9. The maximum absolute atomic E-state index is 13.1. The van der Waals surface area contributed by atoms with Gasteiger partial charge in [-0.05, 0) is 73.2 Å². The molecule has 13 heteroatoms. The molecule has 0 unspecified atom stereocenters. The van der Waals surface area contributed by atoms with E-state index in [1.807, 2.05) is 25.1 Å². The lowest BCUT2D eigenvalue weighted by molar-refractivity contribution is 0.0733. The first-order valence-corrected chi connectivity index (χ1v) is 15.9. The Morgan fingerprint density at radius 1 is 0.830 bits per heavy atom. The minimum Gasteiger partial charge on any atom is -0.493 e. The number of anilines is 1. The summed E-state index contributed by atoms with van der Waals surface area (Å²) in [5, 5.41) is 8.10. The van der Waals surface area contributed by atoms with E-state index in [0.717, 1.165) is 15.6 Å². The second-order valence-corrected chi connectivity index (χ2v) is 12.3. The van der Waals surface area contributed by atoms with Crippen LogP contribution in [0.1, 0.15) is 41.5 Å². The predicted octanol–water partition coefficient (Wildman–Crippen LogP) is 7.89. The van der Waals surface area contributed by atoms with E-state index in [1.165, 1.54) is 51.0 Å². The molecule has 1 aromatic heterocycles. The number of esters is 1. The van der Waals surface area contributed by atoms with E-state index < -0.39 is 11.9 Å². The molecule has 0 aliphatic carbocycles. The number of hydrazone groups is 1. The molecular weight excluding hydrogens is 710 g/mol. The number of carbonyl (C=O) groups excluding carboxylic acids is 3. The van der Waals surface area contributed by atoms with Crippen LogP contribution in [0.15, 0.2) is 82.4 Å². The monoisotopic (exact) mass is 735 g/mol. The van der Waals surface area contributed by atoms with Crippen LogP contribution in [-0.2, 0) is 0 Å². The van der Waals surface area contributed by atoms with Crippen LogP contribution in [0.25, 0.3) is 10.1 Å². The number of methoxy groups -OCH3 is 3. The number of benzene rings is 4. The Bertz CT molecular complexity index is 2000. The molecule has 2 amide bonds. The third kappa shape index (κ3) is 7.57. The number of fused-ring (bicyclic) bond motifs is 1. The van der Waals surface area contributed by atoms with Gasteiger partial charge in [-0.3, -0.25) is 9.59 Å². The standard InChI is InChI=1S/C34H27BrClN3O7S/c1-18-5-11-24-28(13-18)47-31(29(24)36)33(41)38-23-9-6-19(7-10-23)32(40)39-37-17-21-14-22(35)8-12-25(21)46-34(42)20-15-26(43-2)30(45-4)27(16-20)44-3/h5-17H,1-4H3,(H,38,41)(H,39,40)/b37-17-. The molecule has 0 fully saturated rings. The van der Waals surface area contributed by atoms with Crippen LogP contribution >= 0.6 is 38.9 Å². The molecule has 0 bridgehead atoms. The van der Waals surface area contributed by atoms with Crippen molar-refractivity contribution in [2.75, 3.05) is 26.6 Å². The summed E-state index contributed by atoms with van der Waals surface area (Å²) in [6.07, 6.45) is 1.35. The van der Waals surface area contributed by atoms with Crippen molar-refractivity contribution in [1.82, 2.24) is 5.43 Å². The fraction of sp³-hybridized carbons (Fsp3) is 0.118. The summed E-state index contributed by atoms with van der Waals surface area (Å²) < 4.78 is 23.2. The van der Waals surface area contributed by atoms with Crippen LogP contribution in [0.5, 0.6) is 23.0 Å². The molecule has 240 valence electrons. The average molecular weight is 737 g/mol. The number of nitrogens with one attached hydrogen (secondary N) is 2. The van der Waals surface area contributed by atoms with Gasteiger partial charge in [-0.1, -0.05) is 39.7 Å². The average Bonchev–Trinajstić information content (AvgIpc) is 3.40. The predicted molar refractivity (Wildman–Crippen MR) is 186 cm³/mol. The highest BCUT2D eigenvalue weighted by Crippen LogP contribution is 2.39. The second-order valence-electron chi connectivity index (χ2n) is 9.96. The number of thiophene rings is 1. The molecular formula is C34H27BrClN3O7S. The van der Waals surface area contributed by atoms with Crippen molar-refractivity contribution < 1.29 is 33.3 Å². The molecule has 0 aliphatic heterocycles. The van der Waals surface area contributed by atoms with Crippen LogP contribution < -0.4 is 29.7 Å². The van der Waals surface area contributed by atoms with Gasteiger partial charge < -0.3 is 24.3 Å². The highest BCUT2D eigenvalue weighted by molar-refractivity contribution is 9.10. The first-order chi connectivity index (χ1) is 22.6. The first-order valence-electron chi connectivity index (χ1n) is 13.9. The van der Waals surface area contributed by atoms with Gasteiger partial charge in [0.15, 0.2) is 11.5 Å². The zero-order valence-corrected chi connectivity index (χ0v) is 28.6. The summed E-state index contributed by atoms with van der Waals surface area (Å²) in [5.74, 6) is -0.388. The Morgan fingerprint density at radius 2 is 1.53 bits per heavy atom. The molecule has 0 atom stereocenters. The SMILES string of the molecule is COc1cc(C(=O)Oc2ccc(Br)cc2/C=N\NC(=O)c2ccc(NC(=O)c3sc4cc(C)ccc4c3Cl)cc2)cc(OC)c1OC. The molecule has 10 nitrogen and oxygen atoms in total. The van der Waals surface area contributed by atoms with E-state index in [2.05, 4.69) is 31.8 Å². The van der Waals surface area contributed by atoms with Crippen molar-refractivity contribution in [1.29, 1.82) is 0 Å². The Labute approximate surface area is 287 Å². The van der Waals surface area contributed by atoms with Gasteiger partial charge in [-0.2, -0.15) is 5.10 Å². The van der Waals surface area contributed by atoms with E-state index in [0.29, 0.717) is 48.4 Å².